The van der Waals surface area contributed by atoms with Crippen LogP contribution in [0.5, 0.6) is 5.75 Å². The van der Waals surface area contributed by atoms with Crippen molar-refractivity contribution in [1.29, 1.82) is 0 Å². The van der Waals surface area contributed by atoms with Gasteiger partial charge in [-0.15, -0.1) is 0 Å². The first kappa shape index (κ1) is 20.4. The van der Waals surface area contributed by atoms with Gasteiger partial charge in [0, 0.05) is 23.7 Å². The van der Waals surface area contributed by atoms with Crippen molar-refractivity contribution < 1.29 is 9.84 Å². The third-order valence-electron chi connectivity index (χ3n) is 5.13. The zero-order chi connectivity index (χ0) is 20.8. The maximum Gasteiger partial charge on any atom is 0.124 e. The molecule has 0 aliphatic heterocycles. The van der Waals surface area contributed by atoms with Gasteiger partial charge in [-0.2, -0.15) is 0 Å². The predicted octanol–water partition coefficient (Wildman–Crippen LogP) is 5.90. The number of fused-ring (bicyclic) bond motifs is 1. The Morgan fingerprint density at radius 3 is 2.37 bits per heavy atom. The number of hydrogen-bond acceptors (Lipinski definition) is 3. The molecule has 0 amide bonds. The summed E-state index contributed by atoms with van der Waals surface area (Å²) < 4.78 is 6.17. The Bertz CT molecular complexity index is 1100. The van der Waals surface area contributed by atoms with E-state index < -0.39 is 6.10 Å². The van der Waals surface area contributed by atoms with Crippen molar-refractivity contribution in [3.05, 3.63) is 113 Å². The number of aliphatic hydroxyl groups excluding tert-OH is 1. The number of halogens is 1. The van der Waals surface area contributed by atoms with E-state index in [-0.39, 0.29) is 0 Å². The van der Waals surface area contributed by atoms with Gasteiger partial charge in [0.2, 0.25) is 0 Å². The summed E-state index contributed by atoms with van der Waals surface area (Å²) in [6.45, 7) is 1.53. The smallest absolute Gasteiger partial charge is 0.124 e. The van der Waals surface area contributed by atoms with Crippen LogP contribution < -0.4 is 10.1 Å². The fourth-order valence-electron chi connectivity index (χ4n) is 3.50. The number of ether oxygens (including phenoxy) is 1. The molecule has 4 aromatic carbocycles. The molecule has 152 valence electrons. The van der Waals surface area contributed by atoms with Gasteiger partial charge >= 0.3 is 0 Å². The third kappa shape index (κ3) is 5.00. The predicted molar refractivity (Wildman–Crippen MR) is 123 cm³/mol. The molecule has 1 atom stereocenters. The Balaban J connectivity index is 1.50. The van der Waals surface area contributed by atoms with Crippen LogP contribution in [0.25, 0.3) is 10.8 Å². The molecular weight excluding hydrogens is 394 g/mol. The van der Waals surface area contributed by atoms with Crippen molar-refractivity contribution in [2.24, 2.45) is 0 Å². The van der Waals surface area contributed by atoms with Crippen LogP contribution in [0.4, 0.5) is 0 Å². The summed E-state index contributed by atoms with van der Waals surface area (Å²) >= 11 is 5.98. The highest BCUT2D eigenvalue weighted by Crippen LogP contribution is 2.29. The second kappa shape index (κ2) is 9.77. The van der Waals surface area contributed by atoms with Crippen molar-refractivity contribution in [1.82, 2.24) is 5.32 Å². The zero-order valence-electron chi connectivity index (χ0n) is 16.6. The molecular formula is C26H24ClNO2. The van der Waals surface area contributed by atoms with Crippen LogP contribution in [-0.2, 0) is 13.2 Å². The number of nitrogens with one attached hydrogen (secondary N) is 1. The van der Waals surface area contributed by atoms with Gasteiger partial charge in [-0.1, -0.05) is 84.4 Å². The summed E-state index contributed by atoms with van der Waals surface area (Å²) in [7, 11) is 0. The quantitative estimate of drug-likeness (QED) is 0.375. The van der Waals surface area contributed by atoms with E-state index in [9.17, 15) is 5.11 Å². The molecule has 2 N–H and O–H groups in total. The summed E-state index contributed by atoms with van der Waals surface area (Å²) in [6.07, 6.45) is -0.556. The zero-order valence-corrected chi connectivity index (χ0v) is 17.3. The van der Waals surface area contributed by atoms with Gasteiger partial charge in [-0.3, -0.25) is 0 Å². The average Bonchev–Trinajstić information content (AvgIpc) is 2.80. The molecule has 0 aliphatic rings. The van der Waals surface area contributed by atoms with Gasteiger partial charge < -0.3 is 15.2 Å². The first-order valence-electron chi connectivity index (χ1n) is 10.0. The largest absolute Gasteiger partial charge is 0.489 e. The van der Waals surface area contributed by atoms with Crippen LogP contribution in [0.3, 0.4) is 0 Å². The minimum Gasteiger partial charge on any atom is -0.489 e. The minimum atomic E-state index is -0.556. The molecule has 4 aromatic rings. The average molecular weight is 418 g/mol. The molecule has 3 nitrogen and oxygen atoms in total. The maximum atomic E-state index is 10.5. The van der Waals surface area contributed by atoms with E-state index in [2.05, 4.69) is 23.5 Å². The Labute approximate surface area is 181 Å². The minimum absolute atomic E-state index is 0.462. The van der Waals surface area contributed by atoms with Crippen LogP contribution in [0.2, 0.25) is 5.02 Å². The first-order valence-corrected chi connectivity index (χ1v) is 10.4. The van der Waals surface area contributed by atoms with E-state index in [4.69, 9.17) is 16.3 Å². The Hall–Kier alpha value is -2.85. The van der Waals surface area contributed by atoms with Crippen molar-refractivity contribution in [2.45, 2.75) is 19.3 Å². The van der Waals surface area contributed by atoms with Gasteiger partial charge in [-0.25, -0.2) is 0 Å². The maximum absolute atomic E-state index is 10.5. The van der Waals surface area contributed by atoms with Crippen LogP contribution in [0.1, 0.15) is 22.8 Å². The molecule has 0 heterocycles. The van der Waals surface area contributed by atoms with Crippen molar-refractivity contribution in [3.8, 4) is 5.75 Å². The van der Waals surface area contributed by atoms with E-state index in [1.54, 1.807) is 0 Å². The molecule has 30 heavy (non-hydrogen) atoms. The molecule has 0 fully saturated rings. The van der Waals surface area contributed by atoms with Crippen molar-refractivity contribution in [2.75, 3.05) is 6.54 Å². The van der Waals surface area contributed by atoms with Crippen LogP contribution >= 0.6 is 11.6 Å². The number of aliphatic hydroxyl groups is 1. The van der Waals surface area contributed by atoms with Gasteiger partial charge in [0.1, 0.15) is 12.4 Å². The van der Waals surface area contributed by atoms with Crippen molar-refractivity contribution >= 4 is 22.4 Å². The highest BCUT2D eigenvalue weighted by atomic mass is 35.5. The normalized spacial score (nSPS) is 12.1. The molecule has 0 unspecified atom stereocenters. The molecule has 0 bridgehead atoms. The summed E-state index contributed by atoms with van der Waals surface area (Å²) in [6, 6.07) is 29.7. The topological polar surface area (TPSA) is 41.5 Å². The lowest BCUT2D eigenvalue weighted by molar-refractivity contribution is 0.174. The van der Waals surface area contributed by atoms with Gasteiger partial charge in [0.15, 0.2) is 0 Å². The number of benzene rings is 4. The van der Waals surface area contributed by atoms with Crippen LogP contribution in [0.15, 0.2) is 91.0 Å². The highest BCUT2D eigenvalue weighted by Gasteiger charge is 2.11. The van der Waals surface area contributed by atoms with Crippen LogP contribution in [-0.4, -0.2) is 11.7 Å². The standard InChI is InChI=1S/C26H24ClNO2/c27-22-13-10-19(11-14-22)18-30-26-15-12-20-6-4-5-9-23(20)24(26)16-28-17-25(29)21-7-2-1-3-8-21/h1-15,25,28-29H,16-18H2/t25-/m0/s1. The lowest BCUT2D eigenvalue weighted by atomic mass is 10.0. The fourth-order valence-corrected chi connectivity index (χ4v) is 3.63. The van der Waals surface area contributed by atoms with Crippen LogP contribution in [0, 0.1) is 0 Å². The lowest BCUT2D eigenvalue weighted by Gasteiger charge is -2.17. The van der Waals surface area contributed by atoms with Gasteiger partial charge in [-0.05, 0) is 40.1 Å². The van der Waals surface area contributed by atoms with E-state index in [1.165, 1.54) is 0 Å². The SMILES string of the molecule is O[C@@H](CNCc1c(OCc2ccc(Cl)cc2)ccc2ccccc12)c1ccccc1. The molecule has 0 aromatic heterocycles. The number of rotatable bonds is 8. The van der Waals surface area contributed by atoms with E-state index in [1.807, 2.05) is 72.8 Å². The molecule has 4 heteroatoms. The van der Waals surface area contributed by atoms with Gasteiger partial charge in [0.25, 0.3) is 0 Å². The van der Waals surface area contributed by atoms with E-state index >= 15 is 0 Å². The Kier molecular flexibility index (Phi) is 6.65. The molecule has 4 rings (SSSR count). The Morgan fingerprint density at radius 2 is 1.57 bits per heavy atom. The lowest BCUT2D eigenvalue weighted by Crippen LogP contribution is -2.21. The molecule has 0 saturated heterocycles. The monoisotopic (exact) mass is 417 g/mol. The Morgan fingerprint density at radius 1 is 0.833 bits per heavy atom. The molecule has 0 spiro atoms. The first-order chi connectivity index (χ1) is 14.7. The van der Waals surface area contributed by atoms with E-state index in [0.717, 1.165) is 33.2 Å². The fraction of sp³-hybridized carbons (Fsp3) is 0.154. The number of hydrogen-bond donors (Lipinski definition) is 2. The summed E-state index contributed by atoms with van der Waals surface area (Å²) in [5.74, 6) is 0.838. The summed E-state index contributed by atoms with van der Waals surface area (Å²) in [5, 5.41) is 16.9. The summed E-state index contributed by atoms with van der Waals surface area (Å²) in [4.78, 5) is 0. The second-order valence-electron chi connectivity index (χ2n) is 7.24. The summed E-state index contributed by atoms with van der Waals surface area (Å²) in [5.41, 5.74) is 3.05. The molecule has 0 saturated carbocycles. The van der Waals surface area contributed by atoms with E-state index in [0.29, 0.717) is 24.7 Å². The highest BCUT2D eigenvalue weighted by molar-refractivity contribution is 6.30. The second-order valence-corrected chi connectivity index (χ2v) is 7.67. The van der Waals surface area contributed by atoms with Gasteiger partial charge in [0.05, 0.1) is 6.10 Å². The molecule has 0 aliphatic carbocycles. The van der Waals surface area contributed by atoms with Crippen molar-refractivity contribution in [3.63, 3.8) is 0 Å². The molecule has 0 radical (unpaired) electrons. The third-order valence-corrected chi connectivity index (χ3v) is 5.38.